The molecule has 3 aromatic rings. The molecule has 0 bridgehead atoms. The highest BCUT2D eigenvalue weighted by molar-refractivity contribution is 5.93. The molecule has 2 fully saturated rings. The predicted octanol–water partition coefficient (Wildman–Crippen LogP) is 5.19. The number of halogens is 4. The summed E-state index contributed by atoms with van der Waals surface area (Å²) in [5.41, 5.74) is 6.96. The van der Waals surface area contributed by atoms with Crippen LogP contribution in [0.15, 0.2) is 18.2 Å². The molecule has 6 heterocycles. The molecule has 2 aromatic heterocycles. The Morgan fingerprint density at radius 3 is 2.73 bits per heavy atom. The number of alkyl halides is 3. The number of nitrogen functional groups attached to an aromatic ring is 1. The number of benzene rings is 1. The van der Waals surface area contributed by atoms with Crippen LogP contribution in [0.2, 0.25) is 0 Å². The number of hydrogen-bond acceptors (Lipinski definition) is 9. The third-order valence-corrected chi connectivity index (χ3v) is 10.6. The quantitative estimate of drug-likeness (QED) is 0.159. The molecule has 7 rings (SSSR count). The van der Waals surface area contributed by atoms with Gasteiger partial charge < -0.3 is 25.0 Å². The lowest BCUT2D eigenvalue weighted by Crippen LogP contribution is -2.43. The number of hydrogen-bond donors (Lipinski definition) is 1. The summed E-state index contributed by atoms with van der Waals surface area (Å²) in [6.07, 6.45) is -3.06. The van der Waals surface area contributed by atoms with Crippen molar-refractivity contribution in [3.05, 3.63) is 68.9 Å². The van der Waals surface area contributed by atoms with Crippen LogP contribution in [0.1, 0.15) is 88.4 Å². The fourth-order valence-electron chi connectivity index (χ4n) is 8.17. The Balaban J connectivity index is 1.30. The molecule has 2 saturated heterocycles. The normalized spacial score (nSPS) is 21.6. The van der Waals surface area contributed by atoms with Crippen LogP contribution in [-0.2, 0) is 37.0 Å². The van der Waals surface area contributed by atoms with Crippen LogP contribution in [0.25, 0.3) is 0 Å². The number of amides is 1. The van der Waals surface area contributed by atoms with Crippen LogP contribution in [0.3, 0.4) is 0 Å². The number of nitrogens with zero attached hydrogens (tertiary/aromatic N) is 7. The molecule has 1 amide bonds. The molecule has 2 N–H and O–H groups in total. The van der Waals surface area contributed by atoms with Crippen molar-refractivity contribution in [2.75, 3.05) is 51.0 Å². The van der Waals surface area contributed by atoms with Crippen molar-refractivity contribution < 1.29 is 31.8 Å². The molecule has 0 spiro atoms. The summed E-state index contributed by atoms with van der Waals surface area (Å²) in [6, 6.07) is 0.987. The molecule has 1 aromatic carbocycles. The van der Waals surface area contributed by atoms with Crippen molar-refractivity contribution in [1.29, 1.82) is 0 Å². The number of carbonyl (C=O) groups excluding carboxylic acids is 1. The zero-order valence-corrected chi connectivity index (χ0v) is 29.8. The molecular weight excluding hydrogens is 680 g/mol. The number of aryl methyl sites for hydroxylation is 1. The number of fused-ring (bicyclic) bond motifs is 3. The lowest BCUT2D eigenvalue weighted by Gasteiger charge is -2.33. The number of nitrogens with two attached hydrogens (primary N) is 1. The standard InChI is InChI=1S/C37H42F4N8O3/c1-6-9-23-14-25(42)31(38)29(30(23)37(39,40)41)28-15-26-24(19-51-28)33(44-35(43-26)52-20-36-10-7-12-48(36)17-21(2)16-36)47-11-8-13-49-27(18-47)22(3)32(45-49)34(50)46(4)5/h14,28H,2,7-8,10-13,15-20,42H2,1,3-5H3/t28-,36+/m1/s1. The molecule has 0 aliphatic carbocycles. The molecule has 52 heavy (non-hydrogen) atoms. The minimum Gasteiger partial charge on any atom is -0.461 e. The summed E-state index contributed by atoms with van der Waals surface area (Å²) in [5.74, 6) is 4.03. The Bertz CT molecular complexity index is 2020. The maximum Gasteiger partial charge on any atom is 0.418 e. The van der Waals surface area contributed by atoms with Gasteiger partial charge in [0.1, 0.15) is 12.4 Å². The van der Waals surface area contributed by atoms with Crippen molar-refractivity contribution in [2.45, 2.75) is 83.5 Å². The van der Waals surface area contributed by atoms with E-state index in [1.807, 2.05) is 16.5 Å². The van der Waals surface area contributed by atoms with Gasteiger partial charge in [-0.15, -0.1) is 5.92 Å². The Kier molecular flexibility index (Phi) is 9.19. The smallest absolute Gasteiger partial charge is 0.418 e. The summed E-state index contributed by atoms with van der Waals surface area (Å²) >= 11 is 0. The molecular formula is C37H42F4N8O3. The summed E-state index contributed by atoms with van der Waals surface area (Å²) in [6.45, 7) is 10.8. The van der Waals surface area contributed by atoms with Gasteiger partial charge >= 0.3 is 12.2 Å². The SMILES string of the molecule is C=C1CN2CCC[C@@]2(COc2nc3c(c(N4CCCn5nc(C(=O)N(C)C)c(C)c5C4)n2)CO[C@@H](c2c(F)c(N)cc(C#CC)c2C(F)(F)F)C3)C1. The van der Waals surface area contributed by atoms with Gasteiger partial charge in [-0.05, 0) is 52.1 Å². The van der Waals surface area contributed by atoms with E-state index in [1.165, 1.54) is 11.8 Å². The molecule has 0 unspecified atom stereocenters. The van der Waals surface area contributed by atoms with Crippen molar-refractivity contribution in [3.8, 4) is 17.9 Å². The van der Waals surface area contributed by atoms with Crippen LogP contribution in [0, 0.1) is 24.6 Å². The minimum atomic E-state index is -4.94. The third-order valence-electron chi connectivity index (χ3n) is 10.6. The number of rotatable bonds is 6. The van der Waals surface area contributed by atoms with Crippen molar-refractivity contribution in [1.82, 2.24) is 29.5 Å². The molecule has 15 heteroatoms. The van der Waals surface area contributed by atoms with Crippen molar-refractivity contribution in [2.24, 2.45) is 0 Å². The van der Waals surface area contributed by atoms with Crippen LogP contribution in [-0.4, -0.2) is 81.3 Å². The molecule has 4 aliphatic heterocycles. The first-order valence-electron chi connectivity index (χ1n) is 17.4. The number of carbonyl (C=O) groups is 1. The van der Waals surface area contributed by atoms with Crippen LogP contribution >= 0.6 is 0 Å². The fourth-order valence-corrected chi connectivity index (χ4v) is 8.17. The van der Waals surface area contributed by atoms with Gasteiger partial charge in [0.15, 0.2) is 11.5 Å². The third kappa shape index (κ3) is 6.25. The summed E-state index contributed by atoms with van der Waals surface area (Å²) in [5, 5.41) is 4.64. The molecule has 0 radical (unpaired) electrons. The molecule has 4 aliphatic rings. The number of aromatic nitrogens is 4. The van der Waals surface area contributed by atoms with Gasteiger partial charge in [-0.3, -0.25) is 14.4 Å². The van der Waals surface area contributed by atoms with E-state index < -0.39 is 40.5 Å². The first-order valence-corrected chi connectivity index (χ1v) is 17.4. The first-order chi connectivity index (χ1) is 24.7. The Morgan fingerprint density at radius 1 is 1.21 bits per heavy atom. The van der Waals surface area contributed by atoms with Gasteiger partial charge in [-0.1, -0.05) is 18.1 Å². The maximum atomic E-state index is 15.7. The van der Waals surface area contributed by atoms with Crippen LogP contribution < -0.4 is 15.4 Å². The summed E-state index contributed by atoms with van der Waals surface area (Å²) in [7, 11) is 3.36. The van der Waals surface area contributed by atoms with Gasteiger partial charge in [-0.25, -0.2) is 4.39 Å². The zero-order chi connectivity index (χ0) is 37.1. The van der Waals surface area contributed by atoms with E-state index >= 15 is 4.39 Å². The number of anilines is 2. The second-order valence-electron chi connectivity index (χ2n) is 14.3. The molecule has 2 atom stereocenters. The van der Waals surface area contributed by atoms with Gasteiger partial charge in [0.05, 0.1) is 47.4 Å². The monoisotopic (exact) mass is 722 g/mol. The second-order valence-corrected chi connectivity index (χ2v) is 14.3. The average Bonchev–Trinajstić information content (AvgIpc) is 3.66. The molecule has 0 saturated carbocycles. The highest BCUT2D eigenvalue weighted by atomic mass is 19.4. The van der Waals surface area contributed by atoms with E-state index in [-0.39, 0.29) is 30.5 Å². The van der Waals surface area contributed by atoms with Gasteiger partial charge in [0, 0.05) is 62.4 Å². The largest absolute Gasteiger partial charge is 0.461 e. The second kappa shape index (κ2) is 13.4. The van der Waals surface area contributed by atoms with Crippen LogP contribution in [0.4, 0.5) is 29.1 Å². The van der Waals surface area contributed by atoms with Crippen LogP contribution in [0.5, 0.6) is 6.01 Å². The molecule has 276 valence electrons. The lowest BCUT2D eigenvalue weighted by molar-refractivity contribution is -0.140. The lowest BCUT2D eigenvalue weighted by atomic mass is 9.90. The van der Waals surface area contributed by atoms with E-state index in [0.29, 0.717) is 55.4 Å². The molecule has 11 nitrogen and oxygen atoms in total. The Labute approximate surface area is 299 Å². The fraction of sp³-hybridized carbons (Fsp3) is 0.514. The predicted molar refractivity (Wildman–Crippen MR) is 185 cm³/mol. The van der Waals surface area contributed by atoms with Crippen molar-refractivity contribution in [3.63, 3.8) is 0 Å². The summed E-state index contributed by atoms with van der Waals surface area (Å²) in [4.78, 5) is 28.5. The van der Waals surface area contributed by atoms with E-state index in [0.717, 1.165) is 55.2 Å². The van der Waals surface area contributed by atoms with Gasteiger partial charge in [-0.2, -0.15) is 28.2 Å². The first kappa shape index (κ1) is 35.7. The Hall–Kier alpha value is -4.68. The van der Waals surface area contributed by atoms with E-state index in [1.54, 1.807) is 14.1 Å². The highest BCUT2D eigenvalue weighted by Gasteiger charge is 2.47. The number of ether oxygens (including phenoxy) is 2. The minimum absolute atomic E-state index is 0.0766. The zero-order valence-electron chi connectivity index (χ0n) is 29.8. The topological polar surface area (TPSA) is 115 Å². The van der Waals surface area contributed by atoms with E-state index in [4.69, 9.17) is 25.2 Å². The van der Waals surface area contributed by atoms with E-state index in [9.17, 15) is 18.0 Å². The Morgan fingerprint density at radius 2 is 2.00 bits per heavy atom. The maximum absolute atomic E-state index is 15.7. The van der Waals surface area contributed by atoms with Gasteiger partial charge in [0.2, 0.25) is 0 Å². The summed E-state index contributed by atoms with van der Waals surface area (Å²) < 4.78 is 73.9. The highest BCUT2D eigenvalue weighted by Crippen LogP contribution is 2.45. The van der Waals surface area contributed by atoms with E-state index in [2.05, 4.69) is 28.4 Å². The van der Waals surface area contributed by atoms with Crippen molar-refractivity contribution >= 4 is 17.4 Å². The average molecular weight is 723 g/mol. The van der Waals surface area contributed by atoms with Gasteiger partial charge in [0.25, 0.3) is 5.91 Å².